The summed E-state index contributed by atoms with van der Waals surface area (Å²) in [6, 6.07) is 8.79. The molecule has 2 heterocycles. The van der Waals surface area contributed by atoms with E-state index in [0.29, 0.717) is 35.6 Å². The monoisotopic (exact) mass is 406 g/mol. The Morgan fingerprint density at radius 2 is 2.14 bits per heavy atom. The van der Waals surface area contributed by atoms with E-state index in [0.717, 1.165) is 9.88 Å². The highest BCUT2D eigenvalue weighted by molar-refractivity contribution is 7.11. The maximum atomic E-state index is 12.3. The van der Waals surface area contributed by atoms with Crippen molar-refractivity contribution in [2.24, 2.45) is 0 Å². The fourth-order valence-corrected chi connectivity index (χ4v) is 3.36. The van der Waals surface area contributed by atoms with Crippen molar-refractivity contribution in [3.63, 3.8) is 0 Å². The van der Waals surface area contributed by atoms with Gasteiger partial charge in [0.1, 0.15) is 5.69 Å². The van der Waals surface area contributed by atoms with E-state index in [1.807, 2.05) is 13.0 Å². The SMILES string of the molecule is Cc1ncc(CNC(=O)c2cnc(CN(C=O)c3cccc(C#N)c3)c(C)n2)s1. The highest BCUT2D eigenvalue weighted by Crippen LogP contribution is 2.18. The number of thiazole rings is 1. The number of amides is 2. The number of anilines is 1. The molecule has 9 heteroatoms. The second-order valence-electron chi connectivity index (χ2n) is 6.21. The summed E-state index contributed by atoms with van der Waals surface area (Å²) in [6.07, 6.45) is 3.80. The van der Waals surface area contributed by atoms with Gasteiger partial charge in [0, 0.05) is 16.8 Å². The molecule has 1 N–H and O–H groups in total. The van der Waals surface area contributed by atoms with Gasteiger partial charge in [-0.15, -0.1) is 11.3 Å². The van der Waals surface area contributed by atoms with Crippen LogP contribution in [0.2, 0.25) is 0 Å². The molecule has 0 spiro atoms. The fraction of sp³-hybridized carbons (Fsp3) is 0.200. The minimum absolute atomic E-state index is 0.180. The summed E-state index contributed by atoms with van der Waals surface area (Å²) in [5.41, 5.74) is 2.36. The van der Waals surface area contributed by atoms with E-state index >= 15 is 0 Å². The highest BCUT2D eigenvalue weighted by Gasteiger charge is 2.14. The smallest absolute Gasteiger partial charge is 0.271 e. The third-order valence-corrected chi connectivity index (χ3v) is 5.04. The molecule has 2 aromatic heterocycles. The van der Waals surface area contributed by atoms with Gasteiger partial charge in [-0.25, -0.2) is 9.97 Å². The zero-order valence-electron chi connectivity index (χ0n) is 15.9. The molecule has 0 fully saturated rings. The Labute approximate surface area is 171 Å². The van der Waals surface area contributed by atoms with Gasteiger partial charge in [0.15, 0.2) is 0 Å². The van der Waals surface area contributed by atoms with E-state index in [9.17, 15) is 9.59 Å². The summed E-state index contributed by atoms with van der Waals surface area (Å²) in [4.78, 5) is 39.1. The van der Waals surface area contributed by atoms with Crippen molar-refractivity contribution in [1.29, 1.82) is 5.26 Å². The predicted octanol–water partition coefficient (Wildman–Crippen LogP) is 2.51. The lowest BCUT2D eigenvalue weighted by Crippen LogP contribution is -2.25. The highest BCUT2D eigenvalue weighted by atomic mass is 32.1. The van der Waals surface area contributed by atoms with Crippen LogP contribution in [0.3, 0.4) is 0 Å². The summed E-state index contributed by atoms with van der Waals surface area (Å²) in [6.45, 7) is 4.20. The summed E-state index contributed by atoms with van der Waals surface area (Å²) in [5.74, 6) is -0.327. The number of hydrogen-bond donors (Lipinski definition) is 1. The number of nitrogens with one attached hydrogen (secondary N) is 1. The standard InChI is InChI=1S/C20H18N6O2S/c1-13-19(11-26(12-27)16-5-3-4-15(6-16)7-21)23-10-18(25-13)20(28)24-9-17-8-22-14(2)29-17/h3-6,8,10,12H,9,11H2,1-2H3,(H,24,28). The largest absolute Gasteiger partial charge is 0.346 e. The van der Waals surface area contributed by atoms with Gasteiger partial charge in [-0.3, -0.25) is 14.6 Å². The fourth-order valence-electron chi connectivity index (χ4n) is 2.62. The van der Waals surface area contributed by atoms with Gasteiger partial charge >= 0.3 is 0 Å². The molecule has 0 aliphatic heterocycles. The van der Waals surface area contributed by atoms with Crippen LogP contribution < -0.4 is 10.2 Å². The number of aryl methyl sites for hydroxylation is 2. The van der Waals surface area contributed by atoms with Gasteiger partial charge in [0.25, 0.3) is 5.91 Å². The zero-order valence-corrected chi connectivity index (χ0v) is 16.7. The van der Waals surface area contributed by atoms with Crippen LogP contribution >= 0.6 is 11.3 Å². The molecule has 0 aliphatic carbocycles. The van der Waals surface area contributed by atoms with Crippen molar-refractivity contribution >= 4 is 29.3 Å². The third kappa shape index (κ3) is 5.00. The first-order chi connectivity index (χ1) is 14.0. The molecular formula is C20H18N6O2S. The number of rotatable bonds is 7. The first-order valence-electron chi connectivity index (χ1n) is 8.74. The van der Waals surface area contributed by atoms with E-state index in [2.05, 4.69) is 20.3 Å². The van der Waals surface area contributed by atoms with Crippen LogP contribution in [0, 0.1) is 25.2 Å². The van der Waals surface area contributed by atoms with Crippen molar-refractivity contribution < 1.29 is 9.59 Å². The molecule has 3 aromatic rings. The van der Waals surface area contributed by atoms with E-state index in [4.69, 9.17) is 5.26 Å². The molecule has 146 valence electrons. The Kier molecular flexibility index (Phi) is 6.26. The van der Waals surface area contributed by atoms with Crippen molar-refractivity contribution in [2.75, 3.05) is 4.90 Å². The molecule has 0 unspecified atom stereocenters. The van der Waals surface area contributed by atoms with E-state index in [1.165, 1.54) is 22.4 Å². The average Bonchev–Trinajstić information content (AvgIpc) is 3.16. The number of nitriles is 1. The summed E-state index contributed by atoms with van der Waals surface area (Å²) < 4.78 is 0. The van der Waals surface area contributed by atoms with Crippen LogP contribution in [0.5, 0.6) is 0 Å². The Morgan fingerprint density at radius 1 is 1.31 bits per heavy atom. The van der Waals surface area contributed by atoms with Gasteiger partial charge in [-0.05, 0) is 32.0 Å². The molecule has 0 bridgehead atoms. The van der Waals surface area contributed by atoms with E-state index < -0.39 is 0 Å². The molecule has 1 aromatic carbocycles. The second kappa shape index (κ2) is 9.03. The number of aromatic nitrogens is 3. The molecule has 0 radical (unpaired) electrons. The number of benzene rings is 1. The van der Waals surface area contributed by atoms with Gasteiger partial charge in [0.2, 0.25) is 6.41 Å². The Hall–Kier alpha value is -3.64. The van der Waals surface area contributed by atoms with Crippen LogP contribution in [0.25, 0.3) is 0 Å². The predicted molar refractivity (Wildman–Crippen MR) is 108 cm³/mol. The Balaban J connectivity index is 1.70. The summed E-state index contributed by atoms with van der Waals surface area (Å²) in [7, 11) is 0. The lowest BCUT2D eigenvalue weighted by atomic mass is 10.2. The lowest BCUT2D eigenvalue weighted by molar-refractivity contribution is -0.107. The normalized spacial score (nSPS) is 10.2. The first-order valence-corrected chi connectivity index (χ1v) is 9.56. The maximum Gasteiger partial charge on any atom is 0.271 e. The summed E-state index contributed by atoms with van der Waals surface area (Å²) in [5, 5.41) is 12.8. The third-order valence-electron chi connectivity index (χ3n) is 4.13. The van der Waals surface area contributed by atoms with Crippen LogP contribution in [-0.2, 0) is 17.9 Å². The van der Waals surface area contributed by atoms with Crippen LogP contribution in [0.15, 0.2) is 36.7 Å². The zero-order chi connectivity index (χ0) is 20.8. The Bertz CT molecular complexity index is 1090. The molecule has 0 saturated carbocycles. The maximum absolute atomic E-state index is 12.3. The van der Waals surface area contributed by atoms with Gasteiger partial charge in [-0.2, -0.15) is 5.26 Å². The lowest BCUT2D eigenvalue weighted by Gasteiger charge is -2.18. The molecule has 0 saturated heterocycles. The van der Waals surface area contributed by atoms with Crippen molar-refractivity contribution in [2.45, 2.75) is 26.9 Å². The van der Waals surface area contributed by atoms with Crippen molar-refractivity contribution in [1.82, 2.24) is 20.3 Å². The summed E-state index contributed by atoms with van der Waals surface area (Å²) >= 11 is 1.52. The number of nitrogens with zero attached hydrogens (tertiary/aromatic N) is 5. The quantitative estimate of drug-likeness (QED) is 0.604. The van der Waals surface area contributed by atoms with Crippen LogP contribution in [-0.4, -0.2) is 27.3 Å². The molecule has 2 amide bonds. The van der Waals surface area contributed by atoms with Crippen molar-refractivity contribution in [3.8, 4) is 6.07 Å². The van der Waals surface area contributed by atoms with Gasteiger partial charge < -0.3 is 10.2 Å². The van der Waals surface area contributed by atoms with Crippen molar-refractivity contribution in [3.05, 3.63) is 69.2 Å². The molecule has 0 aliphatic rings. The molecule has 3 rings (SSSR count). The molecule has 8 nitrogen and oxygen atoms in total. The minimum atomic E-state index is -0.327. The van der Waals surface area contributed by atoms with E-state index in [-0.39, 0.29) is 18.1 Å². The first kappa shape index (κ1) is 20.1. The van der Waals surface area contributed by atoms with Crippen LogP contribution in [0.1, 0.15) is 37.3 Å². The number of carbonyl (C=O) groups is 2. The number of hydrogen-bond acceptors (Lipinski definition) is 7. The van der Waals surface area contributed by atoms with Gasteiger partial charge in [-0.1, -0.05) is 6.07 Å². The second-order valence-corrected chi connectivity index (χ2v) is 7.53. The van der Waals surface area contributed by atoms with E-state index in [1.54, 1.807) is 37.4 Å². The molecule has 0 atom stereocenters. The number of carbonyl (C=O) groups excluding carboxylic acids is 2. The molecule has 29 heavy (non-hydrogen) atoms. The topological polar surface area (TPSA) is 112 Å². The van der Waals surface area contributed by atoms with Gasteiger partial charge in [0.05, 0.1) is 47.3 Å². The molecular weight excluding hydrogens is 388 g/mol. The van der Waals surface area contributed by atoms with Crippen LogP contribution in [0.4, 0.5) is 5.69 Å². The Morgan fingerprint density at radius 3 is 2.79 bits per heavy atom. The average molecular weight is 406 g/mol. The minimum Gasteiger partial charge on any atom is -0.346 e.